The molecule has 2 N–H and O–H groups in total. The molecule has 148 valence electrons. The molecule has 0 heterocycles. The first kappa shape index (κ1) is 20.2. The molecule has 1 aliphatic rings. The topological polar surface area (TPSA) is 67.4 Å². The second-order valence-electron chi connectivity index (χ2n) is 7.01. The maximum Gasteiger partial charge on any atom is 0.251 e. The van der Waals surface area contributed by atoms with E-state index in [2.05, 4.69) is 10.6 Å². The van der Waals surface area contributed by atoms with Crippen LogP contribution in [0, 0.1) is 5.92 Å². The molecule has 1 saturated carbocycles. The highest BCUT2D eigenvalue weighted by atomic mass is 35.5. The predicted molar refractivity (Wildman–Crippen MR) is 110 cm³/mol. The van der Waals surface area contributed by atoms with E-state index in [9.17, 15) is 9.59 Å². The van der Waals surface area contributed by atoms with Crippen molar-refractivity contribution in [3.63, 3.8) is 0 Å². The van der Waals surface area contributed by atoms with Crippen molar-refractivity contribution < 1.29 is 14.3 Å². The van der Waals surface area contributed by atoms with Gasteiger partial charge in [0.25, 0.3) is 5.91 Å². The number of carbonyl (C=O) groups is 2. The molecule has 2 aromatic rings. The Kier molecular flexibility index (Phi) is 6.93. The Morgan fingerprint density at radius 2 is 1.79 bits per heavy atom. The number of carbonyl (C=O) groups excluding carboxylic acids is 2. The first-order valence-corrected chi connectivity index (χ1v) is 9.91. The molecule has 6 heteroatoms. The summed E-state index contributed by atoms with van der Waals surface area (Å²) < 4.78 is 5.11. The van der Waals surface area contributed by atoms with E-state index in [-0.39, 0.29) is 23.8 Å². The van der Waals surface area contributed by atoms with Crippen molar-refractivity contribution in [1.29, 1.82) is 0 Å². The van der Waals surface area contributed by atoms with E-state index in [0.717, 1.165) is 31.2 Å². The molecule has 0 spiro atoms. The molecule has 3 rings (SSSR count). The summed E-state index contributed by atoms with van der Waals surface area (Å²) in [4.78, 5) is 25.1. The van der Waals surface area contributed by atoms with Crippen molar-refractivity contribution in [3.8, 4) is 5.75 Å². The Labute approximate surface area is 170 Å². The molecule has 2 amide bonds. The minimum absolute atomic E-state index is 0.00601. The number of nitrogens with one attached hydrogen (secondary N) is 2. The average Bonchev–Trinajstić information content (AvgIpc) is 3.17. The third kappa shape index (κ3) is 5.26. The Balaban J connectivity index is 1.50. The third-order valence-corrected chi connectivity index (χ3v) is 5.40. The molecule has 28 heavy (non-hydrogen) atoms. The van der Waals surface area contributed by atoms with Gasteiger partial charge in [-0.2, -0.15) is 0 Å². The number of halogens is 1. The Morgan fingerprint density at radius 1 is 1.07 bits per heavy atom. The molecule has 0 bridgehead atoms. The Morgan fingerprint density at radius 3 is 2.46 bits per heavy atom. The number of methoxy groups -OCH3 is 1. The average molecular weight is 401 g/mol. The monoisotopic (exact) mass is 400 g/mol. The largest absolute Gasteiger partial charge is 0.497 e. The summed E-state index contributed by atoms with van der Waals surface area (Å²) in [7, 11) is 1.59. The van der Waals surface area contributed by atoms with Crippen molar-refractivity contribution in [2.45, 2.75) is 31.7 Å². The smallest absolute Gasteiger partial charge is 0.251 e. The highest BCUT2D eigenvalue weighted by Crippen LogP contribution is 2.26. The lowest BCUT2D eigenvalue weighted by molar-refractivity contribution is -0.125. The van der Waals surface area contributed by atoms with E-state index in [1.165, 1.54) is 0 Å². The van der Waals surface area contributed by atoms with Gasteiger partial charge in [0.2, 0.25) is 5.91 Å². The number of benzene rings is 2. The van der Waals surface area contributed by atoms with Crippen molar-refractivity contribution in [2.75, 3.05) is 13.7 Å². The molecule has 2 atom stereocenters. The van der Waals surface area contributed by atoms with Gasteiger partial charge >= 0.3 is 0 Å². The minimum atomic E-state index is -0.188. The third-order valence-electron chi connectivity index (χ3n) is 5.15. The van der Waals surface area contributed by atoms with Gasteiger partial charge in [-0.15, -0.1) is 0 Å². The van der Waals surface area contributed by atoms with Crippen molar-refractivity contribution in [3.05, 3.63) is 64.7 Å². The lowest BCUT2D eigenvalue weighted by atomic mass is 10.0. The minimum Gasteiger partial charge on any atom is -0.497 e. The maximum atomic E-state index is 12.6. The molecular formula is C22H25ClN2O3. The van der Waals surface area contributed by atoms with Gasteiger partial charge in [0, 0.05) is 23.2 Å². The van der Waals surface area contributed by atoms with Crippen LogP contribution in [0.25, 0.3) is 0 Å². The van der Waals surface area contributed by atoms with Crippen LogP contribution < -0.4 is 15.4 Å². The SMILES string of the molecule is COc1ccc(C(=O)N[C@@H]2CCC[C@@H]2C(=O)NCCc2ccc(Cl)cc2)cc1. The van der Waals surface area contributed by atoms with Gasteiger partial charge in [0.05, 0.1) is 13.0 Å². The number of hydrogen-bond acceptors (Lipinski definition) is 3. The lowest BCUT2D eigenvalue weighted by Gasteiger charge is -2.20. The molecule has 0 saturated heterocycles. The summed E-state index contributed by atoms with van der Waals surface area (Å²) >= 11 is 5.89. The summed E-state index contributed by atoms with van der Waals surface area (Å²) in [5, 5.41) is 6.73. The van der Waals surface area contributed by atoms with E-state index in [1.54, 1.807) is 31.4 Å². The Bertz CT molecular complexity index is 806. The summed E-state index contributed by atoms with van der Waals surface area (Å²) in [5.74, 6) is 0.364. The molecule has 2 aromatic carbocycles. The molecule has 0 aromatic heterocycles. The quantitative estimate of drug-likeness (QED) is 0.746. The van der Waals surface area contributed by atoms with Crippen LogP contribution in [0.2, 0.25) is 5.02 Å². The highest BCUT2D eigenvalue weighted by Gasteiger charge is 2.33. The van der Waals surface area contributed by atoms with Gasteiger partial charge in [-0.05, 0) is 61.2 Å². The molecule has 0 unspecified atom stereocenters. The Hall–Kier alpha value is -2.53. The van der Waals surface area contributed by atoms with Crippen LogP contribution in [-0.2, 0) is 11.2 Å². The van der Waals surface area contributed by atoms with Gasteiger partial charge in [0.1, 0.15) is 5.75 Å². The van der Waals surface area contributed by atoms with Gasteiger partial charge < -0.3 is 15.4 Å². The lowest BCUT2D eigenvalue weighted by Crippen LogP contribution is -2.44. The van der Waals surface area contributed by atoms with E-state index >= 15 is 0 Å². The summed E-state index contributed by atoms with van der Waals surface area (Å²) in [6.45, 7) is 0.566. The van der Waals surface area contributed by atoms with Gasteiger partial charge in [-0.1, -0.05) is 30.2 Å². The molecule has 0 aliphatic heterocycles. The van der Waals surface area contributed by atoms with Crippen molar-refractivity contribution in [1.82, 2.24) is 10.6 Å². The van der Waals surface area contributed by atoms with E-state index < -0.39 is 0 Å². The number of hydrogen-bond donors (Lipinski definition) is 2. The second kappa shape index (κ2) is 9.60. The van der Waals surface area contributed by atoms with Crippen molar-refractivity contribution in [2.24, 2.45) is 5.92 Å². The van der Waals surface area contributed by atoms with E-state index in [1.807, 2.05) is 24.3 Å². The standard InChI is InChI=1S/C22H25ClN2O3/c1-28-18-11-7-16(8-12-18)21(26)25-20-4-2-3-19(20)22(27)24-14-13-15-5-9-17(23)10-6-15/h5-12,19-20H,2-4,13-14H2,1H3,(H,24,27)(H,25,26)/t19-,20+/m0/s1. The van der Waals surface area contributed by atoms with Crippen LogP contribution in [0.5, 0.6) is 5.75 Å². The summed E-state index contributed by atoms with van der Waals surface area (Å²) in [5.41, 5.74) is 1.69. The molecule has 1 fully saturated rings. The van der Waals surface area contributed by atoms with Crippen LogP contribution in [0.15, 0.2) is 48.5 Å². The number of amides is 2. The van der Waals surface area contributed by atoms with E-state index in [0.29, 0.717) is 22.9 Å². The molecule has 0 radical (unpaired) electrons. The zero-order chi connectivity index (χ0) is 19.9. The zero-order valence-electron chi connectivity index (χ0n) is 15.9. The fourth-order valence-electron chi connectivity index (χ4n) is 3.55. The zero-order valence-corrected chi connectivity index (χ0v) is 16.7. The number of rotatable bonds is 7. The van der Waals surface area contributed by atoms with Crippen LogP contribution in [0.1, 0.15) is 35.2 Å². The van der Waals surface area contributed by atoms with Crippen LogP contribution >= 0.6 is 11.6 Å². The van der Waals surface area contributed by atoms with E-state index in [4.69, 9.17) is 16.3 Å². The fourth-order valence-corrected chi connectivity index (χ4v) is 3.68. The van der Waals surface area contributed by atoms with Gasteiger partial charge in [0.15, 0.2) is 0 Å². The van der Waals surface area contributed by atoms with Crippen LogP contribution in [0.3, 0.4) is 0 Å². The molecule has 5 nitrogen and oxygen atoms in total. The van der Waals surface area contributed by atoms with Crippen LogP contribution in [0.4, 0.5) is 0 Å². The molecule has 1 aliphatic carbocycles. The normalized spacial score (nSPS) is 18.5. The first-order chi connectivity index (χ1) is 13.6. The van der Waals surface area contributed by atoms with Crippen molar-refractivity contribution >= 4 is 23.4 Å². The molecular weight excluding hydrogens is 376 g/mol. The van der Waals surface area contributed by atoms with Gasteiger partial charge in [-0.3, -0.25) is 9.59 Å². The maximum absolute atomic E-state index is 12.6. The first-order valence-electron chi connectivity index (χ1n) is 9.54. The summed E-state index contributed by atoms with van der Waals surface area (Å²) in [6.07, 6.45) is 3.29. The van der Waals surface area contributed by atoms with Gasteiger partial charge in [-0.25, -0.2) is 0 Å². The summed E-state index contributed by atoms with van der Waals surface area (Å²) in [6, 6.07) is 14.4. The fraction of sp³-hybridized carbons (Fsp3) is 0.364. The number of ether oxygens (including phenoxy) is 1. The highest BCUT2D eigenvalue weighted by molar-refractivity contribution is 6.30. The second-order valence-corrected chi connectivity index (χ2v) is 7.45. The van der Waals surface area contributed by atoms with Crippen LogP contribution in [-0.4, -0.2) is 31.5 Å². The predicted octanol–water partition coefficient (Wildman–Crippen LogP) is 3.61.